The monoisotopic (exact) mass is 375 g/mol. The molecule has 0 aliphatic rings. The number of anilines is 3. The van der Waals surface area contributed by atoms with Gasteiger partial charge in [0.1, 0.15) is 11.6 Å². The molecule has 0 radical (unpaired) electrons. The Kier molecular flexibility index (Phi) is 8.26. The van der Waals surface area contributed by atoms with E-state index >= 15 is 0 Å². The molecule has 0 amide bonds. The van der Waals surface area contributed by atoms with Gasteiger partial charge in [0.2, 0.25) is 5.95 Å². The zero-order valence-corrected chi connectivity index (χ0v) is 15.1. The second-order valence-corrected chi connectivity index (χ2v) is 5.61. The number of rotatable bonds is 9. The van der Waals surface area contributed by atoms with E-state index in [9.17, 15) is 8.78 Å². The Morgan fingerprint density at radius 1 is 1.33 bits per heavy atom. The number of alkyl halides is 2. The summed E-state index contributed by atoms with van der Waals surface area (Å²) in [6, 6.07) is 6.22. The number of hydrogen-bond donors (Lipinski definition) is 3. The second kappa shape index (κ2) is 10.9. The van der Waals surface area contributed by atoms with Crippen molar-refractivity contribution in [2.24, 2.45) is 5.73 Å². The Bertz CT molecular complexity index is 789. The van der Waals surface area contributed by atoms with Crippen LogP contribution in [0.1, 0.15) is 31.7 Å². The first-order chi connectivity index (χ1) is 13.1. The maximum Gasteiger partial charge on any atom is 0.387 e. The molecule has 6 nitrogen and oxygen atoms in total. The van der Waals surface area contributed by atoms with E-state index in [1.165, 1.54) is 12.1 Å². The summed E-state index contributed by atoms with van der Waals surface area (Å²) in [6.45, 7) is 0.516. The van der Waals surface area contributed by atoms with Crippen molar-refractivity contribution < 1.29 is 13.5 Å². The molecular weight excluding hydrogens is 352 g/mol. The number of nitrogens with zero attached hydrogens (tertiary/aromatic N) is 2. The molecule has 0 saturated heterocycles. The molecule has 0 bridgehead atoms. The predicted molar refractivity (Wildman–Crippen MR) is 102 cm³/mol. The van der Waals surface area contributed by atoms with E-state index in [1.807, 2.05) is 0 Å². The van der Waals surface area contributed by atoms with E-state index in [0.29, 0.717) is 36.0 Å². The van der Waals surface area contributed by atoms with Crippen molar-refractivity contribution in [3.63, 3.8) is 0 Å². The van der Waals surface area contributed by atoms with Crippen LogP contribution in [-0.4, -0.2) is 29.7 Å². The van der Waals surface area contributed by atoms with Crippen LogP contribution in [0.15, 0.2) is 30.5 Å². The van der Waals surface area contributed by atoms with Crippen molar-refractivity contribution in [1.82, 2.24) is 9.97 Å². The first kappa shape index (κ1) is 20.4. The topological polar surface area (TPSA) is 85.1 Å². The highest BCUT2D eigenvalue weighted by Crippen LogP contribution is 2.22. The van der Waals surface area contributed by atoms with Crippen LogP contribution in [-0.2, 0) is 0 Å². The van der Waals surface area contributed by atoms with Crippen molar-refractivity contribution in [2.45, 2.75) is 32.8 Å². The summed E-state index contributed by atoms with van der Waals surface area (Å²) < 4.78 is 29.1. The minimum absolute atomic E-state index is 0.0572. The summed E-state index contributed by atoms with van der Waals surface area (Å²) in [7, 11) is 0. The minimum Gasteiger partial charge on any atom is -0.435 e. The van der Waals surface area contributed by atoms with Gasteiger partial charge in [-0.25, -0.2) is 4.98 Å². The molecule has 8 heteroatoms. The number of nitrogens with two attached hydrogens (primary N) is 1. The average molecular weight is 375 g/mol. The predicted octanol–water partition coefficient (Wildman–Crippen LogP) is 3.73. The Labute approximate surface area is 157 Å². The highest BCUT2D eigenvalue weighted by Gasteiger charge is 2.08. The summed E-state index contributed by atoms with van der Waals surface area (Å²) in [5, 5.41) is 6.21. The van der Waals surface area contributed by atoms with Gasteiger partial charge in [-0.15, -0.1) is 0 Å². The number of hydrogen-bond acceptors (Lipinski definition) is 6. The SMILES string of the molecule is CCCNc1nc(Nc2cccc(OC(F)F)c2)ncc1C#CCCCN. The zero-order chi connectivity index (χ0) is 19.5. The van der Waals surface area contributed by atoms with E-state index in [0.717, 1.165) is 19.4 Å². The molecular formula is C19H23F2N5O. The number of nitrogens with one attached hydrogen (secondary N) is 2. The summed E-state index contributed by atoms with van der Waals surface area (Å²) in [5.74, 6) is 7.12. The van der Waals surface area contributed by atoms with Gasteiger partial charge in [-0.05, 0) is 31.5 Å². The van der Waals surface area contributed by atoms with Gasteiger partial charge in [-0.2, -0.15) is 13.8 Å². The van der Waals surface area contributed by atoms with Gasteiger partial charge < -0.3 is 21.1 Å². The molecule has 1 aromatic heterocycles. The van der Waals surface area contributed by atoms with Gasteiger partial charge >= 0.3 is 6.61 Å². The number of halogens is 2. The van der Waals surface area contributed by atoms with Crippen LogP contribution < -0.4 is 21.1 Å². The number of benzene rings is 1. The molecule has 0 atom stereocenters. The maximum atomic E-state index is 12.3. The van der Waals surface area contributed by atoms with Crippen molar-refractivity contribution >= 4 is 17.5 Å². The van der Waals surface area contributed by atoms with E-state index in [1.54, 1.807) is 18.3 Å². The van der Waals surface area contributed by atoms with Gasteiger partial charge in [0, 0.05) is 24.7 Å². The highest BCUT2D eigenvalue weighted by molar-refractivity contribution is 5.60. The van der Waals surface area contributed by atoms with E-state index in [-0.39, 0.29) is 5.75 Å². The summed E-state index contributed by atoms with van der Waals surface area (Å²) >= 11 is 0. The molecule has 2 aromatic rings. The van der Waals surface area contributed by atoms with Crippen molar-refractivity contribution in [3.8, 4) is 17.6 Å². The molecule has 0 spiro atoms. The summed E-state index contributed by atoms with van der Waals surface area (Å²) in [6.07, 6.45) is 4.10. The van der Waals surface area contributed by atoms with Gasteiger partial charge in [0.05, 0.1) is 11.8 Å². The van der Waals surface area contributed by atoms with Crippen molar-refractivity contribution in [2.75, 3.05) is 23.7 Å². The van der Waals surface area contributed by atoms with Gasteiger partial charge in [0.15, 0.2) is 0 Å². The fourth-order valence-corrected chi connectivity index (χ4v) is 2.14. The van der Waals surface area contributed by atoms with Crippen LogP contribution in [0.3, 0.4) is 0 Å². The van der Waals surface area contributed by atoms with Crippen LogP contribution in [0, 0.1) is 11.8 Å². The van der Waals surface area contributed by atoms with E-state index < -0.39 is 6.61 Å². The molecule has 1 aromatic carbocycles. The smallest absolute Gasteiger partial charge is 0.387 e. The molecule has 0 saturated carbocycles. The standard InChI is InChI=1S/C19H23F2N5O/c1-2-11-23-17-14(7-4-3-5-10-22)13-24-19(26-17)25-15-8-6-9-16(12-15)27-18(20)21/h6,8-9,12-13,18H,2-3,5,10-11,22H2,1H3,(H2,23,24,25,26). The normalized spacial score (nSPS) is 10.3. The third kappa shape index (κ3) is 7.07. The number of aromatic nitrogens is 2. The van der Waals surface area contributed by atoms with Crippen LogP contribution >= 0.6 is 0 Å². The molecule has 144 valence electrons. The number of unbranched alkanes of at least 4 members (excludes halogenated alkanes) is 1. The second-order valence-electron chi connectivity index (χ2n) is 5.61. The van der Waals surface area contributed by atoms with Crippen LogP contribution in [0.5, 0.6) is 5.75 Å². The van der Waals surface area contributed by atoms with Crippen molar-refractivity contribution in [1.29, 1.82) is 0 Å². The largest absolute Gasteiger partial charge is 0.435 e. The summed E-state index contributed by atoms with van der Waals surface area (Å²) in [5.41, 5.74) is 6.70. The molecule has 0 aliphatic heterocycles. The molecule has 4 N–H and O–H groups in total. The van der Waals surface area contributed by atoms with Crippen LogP contribution in [0.4, 0.5) is 26.2 Å². The van der Waals surface area contributed by atoms with Gasteiger partial charge in [0.25, 0.3) is 0 Å². The minimum atomic E-state index is -2.88. The van der Waals surface area contributed by atoms with Crippen molar-refractivity contribution in [3.05, 3.63) is 36.0 Å². The first-order valence-electron chi connectivity index (χ1n) is 8.74. The zero-order valence-electron chi connectivity index (χ0n) is 15.1. The first-order valence-corrected chi connectivity index (χ1v) is 8.74. The fraction of sp³-hybridized carbons (Fsp3) is 0.368. The third-order valence-corrected chi connectivity index (χ3v) is 3.38. The lowest BCUT2D eigenvalue weighted by molar-refractivity contribution is -0.0497. The summed E-state index contributed by atoms with van der Waals surface area (Å²) in [4.78, 5) is 8.70. The lowest BCUT2D eigenvalue weighted by atomic mass is 10.2. The lowest BCUT2D eigenvalue weighted by Crippen LogP contribution is -2.07. The Hall–Kier alpha value is -2.92. The van der Waals surface area contributed by atoms with Crippen LogP contribution in [0.2, 0.25) is 0 Å². The quantitative estimate of drug-likeness (QED) is 0.457. The van der Waals surface area contributed by atoms with E-state index in [2.05, 4.69) is 44.1 Å². The molecule has 0 unspecified atom stereocenters. The maximum absolute atomic E-state index is 12.3. The van der Waals surface area contributed by atoms with Crippen LogP contribution in [0.25, 0.3) is 0 Å². The molecule has 0 aliphatic carbocycles. The van der Waals surface area contributed by atoms with Gasteiger partial charge in [-0.1, -0.05) is 24.8 Å². The lowest BCUT2D eigenvalue weighted by Gasteiger charge is -2.11. The molecule has 2 rings (SSSR count). The Morgan fingerprint density at radius 2 is 2.19 bits per heavy atom. The molecule has 27 heavy (non-hydrogen) atoms. The fourth-order valence-electron chi connectivity index (χ4n) is 2.14. The molecule has 1 heterocycles. The Balaban J connectivity index is 2.18. The number of ether oxygens (including phenoxy) is 1. The van der Waals surface area contributed by atoms with E-state index in [4.69, 9.17) is 5.73 Å². The molecule has 0 fully saturated rings. The van der Waals surface area contributed by atoms with Gasteiger partial charge in [-0.3, -0.25) is 0 Å². The Morgan fingerprint density at radius 3 is 2.93 bits per heavy atom. The average Bonchev–Trinajstić information content (AvgIpc) is 2.64. The highest BCUT2D eigenvalue weighted by atomic mass is 19.3. The third-order valence-electron chi connectivity index (χ3n) is 3.38.